The van der Waals surface area contributed by atoms with Crippen LogP contribution >= 0.6 is 34.9 Å². The predicted molar refractivity (Wildman–Crippen MR) is 208 cm³/mol. The molecule has 5 heterocycles. The van der Waals surface area contributed by atoms with E-state index >= 15 is 0 Å². The summed E-state index contributed by atoms with van der Waals surface area (Å²) in [7, 11) is 0. The summed E-state index contributed by atoms with van der Waals surface area (Å²) in [5, 5.41) is 61.1. The zero-order valence-corrected chi connectivity index (χ0v) is 34.7. The number of aromatic hydroxyl groups is 4. The second-order valence-corrected chi connectivity index (χ2v) is 15.3. The summed E-state index contributed by atoms with van der Waals surface area (Å²) in [5.41, 5.74) is 6.80. The smallest absolute Gasteiger partial charge is 0.352 e. The van der Waals surface area contributed by atoms with E-state index in [0.29, 0.717) is 21.9 Å². The van der Waals surface area contributed by atoms with Gasteiger partial charge in [0.1, 0.15) is 34.4 Å². The Balaban J connectivity index is 0.00000567. The monoisotopic (exact) mass is 858 g/mol. The summed E-state index contributed by atoms with van der Waals surface area (Å²) >= 11 is 3.54. The maximum absolute atomic E-state index is 13.5. The number of nitrogens with one attached hydrogen (secondary N) is 1. The molecule has 2 aliphatic rings. The number of amides is 2. The number of carbonyl (C=O) groups excluding carboxylic acids is 3. The number of hydrogen-bond acceptors (Lipinski definition) is 19. The number of carboxylic acid groups (broad SMARTS) is 1. The number of ether oxygens (including phenoxy) is 1. The molecule has 20 nitrogen and oxygen atoms in total. The summed E-state index contributed by atoms with van der Waals surface area (Å²) in [6, 6.07) is 8.10. The first kappa shape index (κ1) is 42.0. The molecule has 1 fully saturated rings. The van der Waals surface area contributed by atoms with Crippen LogP contribution in [-0.2, 0) is 37.2 Å². The number of thioether (sulfide) groups is 2. The molecule has 295 valence electrons. The molecule has 0 saturated carbocycles. The fraction of sp³-hybridized carbons (Fsp3) is 0.206. The van der Waals surface area contributed by atoms with Gasteiger partial charge in [-0.15, -0.1) is 40.0 Å². The van der Waals surface area contributed by atoms with Crippen molar-refractivity contribution in [2.75, 3.05) is 17.2 Å². The molecule has 2 aliphatic heterocycles. The number of phenolic OH excluding ortho intramolecular Hbond substituents is 4. The Morgan fingerprint density at radius 1 is 1.02 bits per heavy atom. The number of esters is 1. The van der Waals surface area contributed by atoms with Gasteiger partial charge >= 0.3 is 11.9 Å². The van der Waals surface area contributed by atoms with Crippen molar-refractivity contribution in [1.29, 1.82) is 0 Å². The first-order valence-electron chi connectivity index (χ1n) is 16.5. The predicted octanol–water partition coefficient (Wildman–Crippen LogP) is 1.72. The van der Waals surface area contributed by atoms with E-state index < -0.39 is 46.7 Å². The minimum Gasteiger partial charge on any atom is -0.504 e. The number of carbonyl (C=O) groups is 4. The van der Waals surface area contributed by atoms with Gasteiger partial charge in [-0.1, -0.05) is 11.2 Å². The Hall–Kier alpha value is -5.59. The van der Waals surface area contributed by atoms with Gasteiger partial charge in [-0.05, 0) is 54.5 Å². The second-order valence-electron chi connectivity index (χ2n) is 12.3. The van der Waals surface area contributed by atoms with Crippen LogP contribution in [0.4, 0.5) is 5.13 Å². The molecule has 0 unspecified atom stereocenters. The molecule has 1 saturated heterocycles. The van der Waals surface area contributed by atoms with Gasteiger partial charge in [0.05, 0.1) is 5.56 Å². The van der Waals surface area contributed by atoms with E-state index in [4.69, 9.17) is 15.3 Å². The quantitative estimate of drug-likeness (QED) is 0.0130. The summed E-state index contributed by atoms with van der Waals surface area (Å²) < 4.78 is 6.69. The van der Waals surface area contributed by atoms with Gasteiger partial charge in [0.25, 0.3) is 17.6 Å². The molecule has 24 heteroatoms. The summed E-state index contributed by atoms with van der Waals surface area (Å²) in [6.45, 7) is 1.20. The minimum absolute atomic E-state index is 0. The summed E-state index contributed by atoms with van der Waals surface area (Å²) in [6.07, 6.45) is 0. The average molecular weight is 859 g/mol. The Bertz CT molecular complexity index is 2530. The Morgan fingerprint density at radius 2 is 1.76 bits per heavy atom. The van der Waals surface area contributed by atoms with Crippen LogP contribution in [0.1, 0.15) is 33.1 Å². The second kappa shape index (κ2) is 17.5. The van der Waals surface area contributed by atoms with Crippen LogP contribution in [0.3, 0.4) is 0 Å². The zero-order valence-electron chi connectivity index (χ0n) is 30.2. The third-order valence-electron chi connectivity index (χ3n) is 8.33. The molecule has 2 atom stereocenters. The van der Waals surface area contributed by atoms with Crippen molar-refractivity contribution in [2.24, 2.45) is 5.16 Å². The molecule has 2 amide bonds. The maximum Gasteiger partial charge on any atom is 0.352 e. The zero-order chi connectivity index (χ0) is 40.5. The van der Waals surface area contributed by atoms with Crippen molar-refractivity contribution in [1.82, 2.24) is 34.8 Å². The molecule has 1 radical (unpaired) electrons. The third kappa shape index (κ3) is 8.78. The topological polar surface area (TPSA) is 298 Å². The van der Waals surface area contributed by atoms with Crippen molar-refractivity contribution in [3.05, 3.63) is 87.5 Å². The van der Waals surface area contributed by atoms with E-state index in [9.17, 15) is 44.7 Å². The minimum atomic E-state index is -1.33. The first-order chi connectivity index (χ1) is 27.3. The van der Waals surface area contributed by atoms with Gasteiger partial charge in [0.15, 0.2) is 46.3 Å². The number of thiazole rings is 1. The first-order valence-corrected chi connectivity index (χ1v) is 19.4. The molecule has 5 aromatic rings. The van der Waals surface area contributed by atoms with E-state index in [1.165, 1.54) is 57.7 Å². The number of rotatable bonds is 13. The van der Waals surface area contributed by atoms with Gasteiger partial charge in [0, 0.05) is 52.1 Å². The molecule has 2 aromatic carbocycles. The maximum atomic E-state index is 13.5. The number of phenols is 4. The van der Waals surface area contributed by atoms with Crippen LogP contribution in [-0.4, -0.2) is 137 Å². The molecule has 58 heavy (non-hydrogen) atoms. The number of anilines is 1. The molecule has 0 spiro atoms. The van der Waals surface area contributed by atoms with E-state index in [1.807, 2.05) is 0 Å². The van der Waals surface area contributed by atoms with Crippen LogP contribution < -0.4 is 11.1 Å². The van der Waals surface area contributed by atoms with Crippen molar-refractivity contribution < 1.29 is 54.3 Å². The van der Waals surface area contributed by atoms with Gasteiger partial charge < -0.3 is 46.2 Å². The van der Waals surface area contributed by atoms with Crippen molar-refractivity contribution in [3.8, 4) is 23.0 Å². The summed E-state index contributed by atoms with van der Waals surface area (Å²) in [5.74, 6) is -4.52. The number of nitrogen functional groups attached to an aromatic ring is 1. The van der Waals surface area contributed by atoms with Crippen molar-refractivity contribution in [3.63, 3.8) is 0 Å². The third-order valence-corrected chi connectivity index (χ3v) is 11.4. The average Bonchev–Trinajstić information content (AvgIpc) is 3.80. The number of nitrogens with zero attached hydrogens (tertiary/aromatic N) is 7. The van der Waals surface area contributed by atoms with E-state index in [0.717, 1.165) is 28.4 Å². The van der Waals surface area contributed by atoms with Gasteiger partial charge in [-0.25, -0.2) is 19.6 Å². The van der Waals surface area contributed by atoms with Gasteiger partial charge in [-0.2, -0.15) is 9.50 Å². The summed E-state index contributed by atoms with van der Waals surface area (Å²) in [4.78, 5) is 71.4. The largest absolute Gasteiger partial charge is 0.504 e. The Morgan fingerprint density at radius 3 is 2.45 bits per heavy atom. The molecular formula is C34H29N9NaO11S3. The number of fused-ring (bicyclic) bond motifs is 2. The number of aryl methyl sites for hydroxylation is 1. The number of benzene rings is 2. The number of β-lactam (4-membered cyclic amide) rings is 1. The molecule has 7 rings (SSSR count). The normalized spacial score (nSPS) is 16.3. The number of aliphatic carboxylic acids is 1. The van der Waals surface area contributed by atoms with E-state index in [1.54, 1.807) is 13.0 Å². The number of aromatic nitrogens is 5. The number of hydrogen-bond donors (Lipinski definition) is 7. The molecular weight excluding hydrogens is 830 g/mol. The number of oxime groups is 1. The van der Waals surface area contributed by atoms with Gasteiger partial charge in [-0.3, -0.25) is 14.5 Å². The van der Waals surface area contributed by atoms with Gasteiger partial charge in [0.2, 0.25) is 0 Å². The van der Waals surface area contributed by atoms with Crippen LogP contribution in [0, 0.1) is 6.92 Å². The fourth-order valence-electron chi connectivity index (χ4n) is 5.62. The van der Waals surface area contributed by atoms with Crippen LogP contribution in [0.2, 0.25) is 0 Å². The Kier molecular flexibility index (Phi) is 12.7. The standard InChI is InChI=1S/C34H29N9O11S3.Na/c1-14-6-24(43-34(36-14)38-23(40-43)10-53-32(52)16-3-5-20(45)22(47)8-16)55-11-17-12-56-30-26(29(49)42(30)27(17)31(50)51)39-28(48)25(18-13-57-33(35)37-18)41-54-9-15-2-4-19(44)21(46)7-15;/h2-8,13,26,30,44-47H,9-12H2,1H3,(H2,35,37)(H,39,48)(H,50,51);/t26-,30-;/m1./s1. The molecule has 0 bridgehead atoms. The van der Waals surface area contributed by atoms with Crippen LogP contribution in [0.5, 0.6) is 23.0 Å². The van der Waals surface area contributed by atoms with E-state index in [2.05, 4.69) is 30.5 Å². The fourth-order valence-corrected chi connectivity index (χ4v) is 8.70. The molecule has 0 aliphatic carbocycles. The Labute approximate surface area is 361 Å². The number of carboxylic acids is 1. The number of nitrogens with two attached hydrogens (primary N) is 1. The molecule has 8 N–H and O–H groups in total. The SMILES string of the molecule is Cc1cc(SCC2=C(C(=O)O)N3C(=O)[C@@H](NC(=O)C(=NOCc4ccc(O)c(O)c4)c4csc(N)n4)[C@H]3SC2)n2nc(COC(=O)c3ccc(O)c(O)c3)nc2n1.[Na]. The van der Waals surface area contributed by atoms with Crippen LogP contribution in [0.25, 0.3) is 5.78 Å². The molecule has 3 aromatic heterocycles. The van der Waals surface area contributed by atoms with Crippen molar-refractivity contribution in [2.45, 2.75) is 36.6 Å². The van der Waals surface area contributed by atoms with Crippen molar-refractivity contribution >= 4 is 105 Å². The van der Waals surface area contributed by atoms with E-state index in [-0.39, 0.29) is 105 Å². The van der Waals surface area contributed by atoms with Crippen LogP contribution in [0.15, 0.2) is 69.3 Å².